The molecule has 0 saturated carbocycles. The van der Waals surface area contributed by atoms with E-state index in [1.54, 1.807) is 17.1 Å². The lowest BCUT2D eigenvalue weighted by atomic mass is 10.2. The molecule has 0 radical (unpaired) electrons. The number of carbonyl (C=O) groups is 1. The third-order valence-electron chi connectivity index (χ3n) is 2.75. The molecule has 0 spiro atoms. The number of amides is 1. The largest absolute Gasteiger partial charge is 0.354 e. The predicted octanol–water partition coefficient (Wildman–Crippen LogP) is -0.0418. The maximum absolute atomic E-state index is 11.5. The van der Waals surface area contributed by atoms with Gasteiger partial charge in [-0.05, 0) is 19.4 Å². The number of aromatic nitrogens is 3. The van der Waals surface area contributed by atoms with E-state index in [0.717, 1.165) is 19.5 Å². The molecule has 1 aromatic rings. The molecule has 2 rings (SSSR count). The van der Waals surface area contributed by atoms with Gasteiger partial charge in [-0.3, -0.25) is 9.48 Å². The van der Waals surface area contributed by atoms with Crippen molar-refractivity contribution >= 4 is 18.3 Å². The van der Waals surface area contributed by atoms with Crippen molar-refractivity contribution < 1.29 is 4.79 Å². The molecule has 1 unspecified atom stereocenters. The first kappa shape index (κ1) is 13.9. The molecule has 96 valence electrons. The first-order chi connectivity index (χ1) is 7.84. The fourth-order valence-electron chi connectivity index (χ4n) is 1.82. The van der Waals surface area contributed by atoms with E-state index in [2.05, 4.69) is 20.9 Å². The Morgan fingerprint density at radius 3 is 3.12 bits per heavy atom. The molecule has 7 heteroatoms. The zero-order valence-electron chi connectivity index (χ0n) is 9.63. The van der Waals surface area contributed by atoms with Crippen molar-refractivity contribution in [1.82, 2.24) is 25.6 Å². The van der Waals surface area contributed by atoms with E-state index in [1.165, 1.54) is 6.42 Å². The second-order valence-electron chi connectivity index (χ2n) is 4.01. The van der Waals surface area contributed by atoms with Gasteiger partial charge >= 0.3 is 0 Å². The van der Waals surface area contributed by atoms with Gasteiger partial charge in [0, 0.05) is 25.2 Å². The summed E-state index contributed by atoms with van der Waals surface area (Å²) in [4.78, 5) is 11.5. The van der Waals surface area contributed by atoms with Crippen LogP contribution in [0.15, 0.2) is 12.4 Å². The highest BCUT2D eigenvalue weighted by Gasteiger charge is 2.14. The second-order valence-corrected chi connectivity index (χ2v) is 4.01. The first-order valence-corrected chi connectivity index (χ1v) is 5.69. The van der Waals surface area contributed by atoms with Crippen LogP contribution in [-0.4, -0.2) is 40.0 Å². The monoisotopic (exact) mass is 259 g/mol. The van der Waals surface area contributed by atoms with E-state index < -0.39 is 0 Å². The smallest absolute Gasteiger partial charge is 0.221 e. The lowest BCUT2D eigenvalue weighted by molar-refractivity contribution is -0.121. The summed E-state index contributed by atoms with van der Waals surface area (Å²) in [6.07, 6.45) is 6.19. The van der Waals surface area contributed by atoms with Gasteiger partial charge in [-0.1, -0.05) is 5.21 Å². The van der Waals surface area contributed by atoms with E-state index in [4.69, 9.17) is 0 Å². The van der Waals surface area contributed by atoms with Crippen LogP contribution in [0.1, 0.15) is 19.3 Å². The lowest BCUT2D eigenvalue weighted by Crippen LogP contribution is -2.37. The third kappa shape index (κ3) is 4.70. The van der Waals surface area contributed by atoms with Gasteiger partial charge in [0.15, 0.2) is 0 Å². The molecule has 1 fully saturated rings. The van der Waals surface area contributed by atoms with Crippen molar-refractivity contribution in [3.8, 4) is 0 Å². The van der Waals surface area contributed by atoms with Crippen LogP contribution in [0.4, 0.5) is 0 Å². The SMILES string of the molecule is Cl.O=C(CCn1ccnn1)NCC1CCCN1. The van der Waals surface area contributed by atoms with Crippen molar-refractivity contribution in [3.63, 3.8) is 0 Å². The van der Waals surface area contributed by atoms with Crippen molar-refractivity contribution in [2.75, 3.05) is 13.1 Å². The van der Waals surface area contributed by atoms with E-state index in [0.29, 0.717) is 19.0 Å². The zero-order chi connectivity index (χ0) is 11.2. The van der Waals surface area contributed by atoms with Crippen LogP contribution < -0.4 is 10.6 Å². The van der Waals surface area contributed by atoms with Gasteiger partial charge in [-0.15, -0.1) is 17.5 Å². The number of nitrogens with one attached hydrogen (secondary N) is 2. The predicted molar refractivity (Wildman–Crippen MR) is 65.9 cm³/mol. The minimum absolute atomic E-state index is 0. The molecule has 1 amide bonds. The molecular weight excluding hydrogens is 242 g/mol. The van der Waals surface area contributed by atoms with Gasteiger partial charge in [0.25, 0.3) is 0 Å². The van der Waals surface area contributed by atoms with Gasteiger partial charge in [-0.25, -0.2) is 0 Å². The van der Waals surface area contributed by atoms with Crippen LogP contribution >= 0.6 is 12.4 Å². The Kier molecular flexibility index (Phi) is 5.93. The average molecular weight is 260 g/mol. The van der Waals surface area contributed by atoms with Crippen LogP contribution in [0.5, 0.6) is 0 Å². The summed E-state index contributed by atoms with van der Waals surface area (Å²) in [6.45, 7) is 2.39. The lowest BCUT2D eigenvalue weighted by Gasteiger charge is -2.11. The molecule has 1 saturated heterocycles. The van der Waals surface area contributed by atoms with E-state index in [1.807, 2.05) is 0 Å². The number of rotatable bonds is 5. The molecule has 1 aliphatic rings. The maximum Gasteiger partial charge on any atom is 0.221 e. The molecular formula is C10H18ClN5O. The van der Waals surface area contributed by atoms with Crippen LogP contribution in [0.3, 0.4) is 0 Å². The highest BCUT2D eigenvalue weighted by atomic mass is 35.5. The van der Waals surface area contributed by atoms with Gasteiger partial charge in [-0.2, -0.15) is 0 Å². The van der Waals surface area contributed by atoms with Crippen LogP contribution in [0.2, 0.25) is 0 Å². The molecule has 2 heterocycles. The number of aryl methyl sites for hydroxylation is 1. The Labute approximate surface area is 107 Å². The Balaban J connectivity index is 0.00000144. The number of hydrogen-bond donors (Lipinski definition) is 2. The van der Waals surface area contributed by atoms with Crippen molar-refractivity contribution in [1.29, 1.82) is 0 Å². The summed E-state index contributed by atoms with van der Waals surface area (Å²) in [5.74, 6) is 0.0733. The zero-order valence-corrected chi connectivity index (χ0v) is 10.4. The van der Waals surface area contributed by atoms with Crippen LogP contribution in [-0.2, 0) is 11.3 Å². The summed E-state index contributed by atoms with van der Waals surface area (Å²) in [7, 11) is 0. The molecule has 1 aliphatic heterocycles. The van der Waals surface area contributed by atoms with E-state index >= 15 is 0 Å². The van der Waals surface area contributed by atoms with Crippen molar-refractivity contribution in [2.24, 2.45) is 0 Å². The number of carbonyl (C=O) groups excluding carboxylic acids is 1. The molecule has 1 aromatic heterocycles. The molecule has 0 aromatic carbocycles. The topological polar surface area (TPSA) is 71.8 Å². The third-order valence-corrected chi connectivity index (χ3v) is 2.75. The Hall–Kier alpha value is -1.14. The van der Waals surface area contributed by atoms with Gasteiger partial charge < -0.3 is 10.6 Å². The summed E-state index contributed by atoms with van der Waals surface area (Å²) < 4.78 is 1.66. The van der Waals surface area contributed by atoms with Gasteiger partial charge in [0.05, 0.1) is 12.7 Å². The van der Waals surface area contributed by atoms with Crippen LogP contribution in [0.25, 0.3) is 0 Å². The molecule has 17 heavy (non-hydrogen) atoms. The number of nitrogens with zero attached hydrogens (tertiary/aromatic N) is 3. The summed E-state index contributed by atoms with van der Waals surface area (Å²) in [5.41, 5.74) is 0. The fourth-order valence-corrected chi connectivity index (χ4v) is 1.82. The summed E-state index contributed by atoms with van der Waals surface area (Å²) in [5, 5.41) is 13.7. The molecule has 0 bridgehead atoms. The molecule has 0 aliphatic carbocycles. The summed E-state index contributed by atoms with van der Waals surface area (Å²) >= 11 is 0. The van der Waals surface area contributed by atoms with Gasteiger partial charge in [0.2, 0.25) is 5.91 Å². The maximum atomic E-state index is 11.5. The molecule has 2 N–H and O–H groups in total. The van der Waals surface area contributed by atoms with Crippen molar-refractivity contribution in [2.45, 2.75) is 31.8 Å². The second kappa shape index (κ2) is 7.24. The standard InChI is InChI=1S/C10H17N5O.ClH/c16-10(3-6-15-7-5-13-14-15)12-8-9-2-1-4-11-9;/h5,7,9,11H,1-4,6,8H2,(H,12,16);1H. The number of hydrogen-bond acceptors (Lipinski definition) is 4. The first-order valence-electron chi connectivity index (χ1n) is 5.69. The highest BCUT2D eigenvalue weighted by molar-refractivity contribution is 5.85. The van der Waals surface area contributed by atoms with Crippen molar-refractivity contribution in [3.05, 3.63) is 12.4 Å². The minimum Gasteiger partial charge on any atom is -0.354 e. The molecule has 1 atom stereocenters. The average Bonchev–Trinajstić information content (AvgIpc) is 2.96. The Morgan fingerprint density at radius 1 is 1.59 bits per heavy atom. The van der Waals surface area contributed by atoms with E-state index in [-0.39, 0.29) is 18.3 Å². The number of halogens is 1. The fraction of sp³-hybridized carbons (Fsp3) is 0.700. The highest BCUT2D eigenvalue weighted by Crippen LogP contribution is 2.03. The van der Waals surface area contributed by atoms with Crippen LogP contribution in [0, 0.1) is 0 Å². The Morgan fingerprint density at radius 2 is 2.47 bits per heavy atom. The normalized spacial score (nSPS) is 18.7. The van der Waals surface area contributed by atoms with Gasteiger partial charge in [0.1, 0.15) is 0 Å². The minimum atomic E-state index is 0. The molecule has 6 nitrogen and oxygen atoms in total. The van der Waals surface area contributed by atoms with E-state index in [9.17, 15) is 4.79 Å². The summed E-state index contributed by atoms with van der Waals surface area (Å²) in [6, 6.07) is 0.454. The Bertz CT molecular complexity index is 323. The quantitative estimate of drug-likeness (QED) is 0.778.